The molecule has 0 fully saturated rings. The van der Waals surface area contributed by atoms with Gasteiger partial charge in [-0.05, 0) is 19.4 Å². The van der Waals surface area contributed by atoms with Crippen molar-refractivity contribution in [3.8, 4) is 0 Å². The lowest BCUT2D eigenvalue weighted by Gasteiger charge is -2.15. The van der Waals surface area contributed by atoms with Crippen LogP contribution >= 0.6 is 0 Å². The van der Waals surface area contributed by atoms with E-state index in [9.17, 15) is 14.4 Å². The molecule has 1 N–H and O–H groups in total. The summed E-state index contributed by atoms with van der Waals surface area (Å²) >= 11 is 0. The van der Waals surface area contributed by atoms with E-state index in [4.69, 9.17) is 9.47 Å². The van der Waals surface area contributed by atoms with Crippen LogP contribution in [0.1, 0.15) is 19.4 Å². The first-order valence-corrected chi connectivity index (χ1v) is 6.75. The molecule has 1 aromatic carbocycles. The molecule has 0 bridgehead atoms. The molecule has 0 aliphatic carbocycles. The molecule has 21 heavy (non-hydrogen) atoms. The largest absolute Gasteiger partial charge is 0.464 e. The Morgan fingerprint density at radius 1 is 1.00 bits per heavy atom. The first kappa shape index (κ1) is 16.7. The topological polar surface area (TPSA) is 81.7 Å². The predicted octanol–water partition coefficient (Wildman–Crippen LogP) is 0.840. The van der Waals surface area contributed by atoms with E-state index in [0.29, 0.717) is 0 Å². The SMILES string of the molecule is CCOC(=O)C(NC(=O)Cc1ccccc1)C(=O)OCC. The standard InChI is InChI=1S/C15H19NO5/c1-3-20-14(18)13(15(19)21-4-2)16-12(17)10-11-8-6-5-7-9-11/h5-9,13H,3-4,10H2,1-2H3,(H,16,17). The molecular formula is C15H19NO5. The summed E-state index contributed by atoms with van der Waals surface area (Å²) in [5.74, 6) is -2.10. The zero-order valence-corrected chi connectivity index (χ0v) is 12.1. The second-order valence-corrected chi connectivity index (χ2v) is 4.17. The van der Waals surface area contributed by atoms with E-state index in [-0.39, 0.29) is 19.6 Å². The summed E-state index contributed by atoms with van der Waals surface area (Å²) in [7, 11) is 0. The van der Waals surface area contributed by atoms with Crippen LogP contribution in [0.2, 0.25) is 0 Å². The zero-order valence-electron chi connectivity index (χ0n) is 12.1. The van der Waals surface area contributed by atoms with Gasteiger partial charge in [-0.15, -0.1) is 0 Å². The molecular weight excluding hydrogens is 274 g/mol. The maximum atomic E-state index is 11.9. The highest BCUT2D eigenvalue weighted by molar-refractivity contribution is 6.02. The molecule has 6 nitrogen and oxygen atoms in total. The van der Waals surface area contributed by atoms with Crippen molar-refractivity contribution in [2.24, 2.45) is 0 Å². The Morgan fingerprint density at radius 2 is 1.52 bits per heavy atom. The van der Waals surface area contributed by atoms with Crippen molar-refractivity contribution in [2.45, 2.75) is 26.3 Å². The van der Waals surface area contributed by atoms with Crippen LogP contribution < -0.4 is 5.32 Å². The second kappa shape index (κ2) is 8.73. The molecule has 1 aromatic rings. The van der Waals surface area contributed by atoms with Gasteiger partial charge < -0.3 is 14.8 Å². The molecule has 0 unspecified atom stereocenters. The number of esters is 2. The van der Waals surface area contributed by atoms with Crippen molar-refractivity contribution in [1.82, 2.24) is 5.32 Å². The Hall–Kier alpha value is -2.37. The number of ether oxygens (including phenoxy) is 2. The average Bonchev–Trinajstić information content (AvgIpc) is 2.46. The van der Waals surface area contributed by atoms with Crippen LogP contribution in [0.3, 0.4) is 0 Å². The Morgan fingerprint density at radius 3 is 2.00 bits per heavy atom. The molecule has 0 radical (unpaired) electrons. The summed E-state index contributed by atoms with van der Waals surface area (Å²) in [5, 5.41) is 2.35. The summed E-state index contributed by atoms with van der Waals surface area (Å²) in [6, 6.07) is 7.57. The highest BCUT2D eigenvalue weighted by Gasteiger charge is 2.31. The minimum atomic E-state index is -1.43. The predicted molar refractivity (Wildman–Crippen MR) is 75.3 cm³/mol. The average molecular weight is 293 g/mol. The highest BCUT2D eigenvalue weighted by atomic mass is 16.6. The van der Waals surface area contributed by atoms with Crippen molar-refractivity contribution >= 4 is 17.8 Å². The van der Waals surface area contributed by atoms with Gasteiger partial charge >= 0.3 is 11.9 Å². The van der Waals surface area contributed by atoms with Crippen molar-refractivity contribution in [2.75, 3.05) is 13.2 Å². The number of nitrogens with one attached hydrogen (secondary N) is 1. The minimum Gasteiger partial charge on any atom is -0.464 e. The summed E-state index contributed by atoms with van der Waals surface area (Å²) in [6.45, 7) is 3.46. The third-order valence-electron chi connectivity index (χ3n) is 2.56. The van der Waals surface area contributed by atoms with Crippen LogP contribution in [0, 0.1) is 0 Å². The first-order valence-electron chi connectivity index (χ1n) is 6.75. The number of hydrogen-bond acceptors (Lipinski definition) is 5. The molecule has 0 heterocycles. The fourth-order valence-corrected chi connectivity index (χ4v) is 1.66. The summed E-state index contributed by atoms with van der Waals surface area (Å²) in [5.41, 5.74) is 0.779. The van der Waals surface area contributed by atoms with E-state index in [1.165, 1.54) is 0 Å². The van der Waals surface area contributed by atoms with Crippen LogP contribution in [0.25, 0.3) is 0 Å². The number of hydrogen-bond donors (Lipinski definition) is 1. The number of carbonyl (C=O) groups is 3. The third kappa shape index (κ3) is 5.64. The number of benzene rings is 1. The molecule has 0 aromatic heterocycles. The summed E-state index contributed by atoms with van der Waals surface area (Å²) in [4.78, 5) is 35.3. The van der Waals surface area contributed by atoms with Gasteiger partial charge in [0.05, 0.1) is 19.6 Å². The van der Waals surface area contributed by atoms with Gasteiger partial charge in [-0.3, -0.25) is 4.79 Å². The Bertz CT molecular complexity index is 468. The van der Waals surface area contributed by atoms with E-state index < -0.39 is 23.9 Å². The van der Waals surface area contributed by atoms with E-state index in [2.05, 4.69) is 5.32 Å². The molecule has 0 aliphatic rings. The maximum Gasteiger partial charge on any atom is 0.340 e. The normalized spacial score (nSPS) is 10.0. The fraction of sp³-hybridized carbons (Fsp3) is 0.400. The lowest BCUT2D eigenvalue weighted by Crippen LogP contribution is -2.48. The first-order chi connectivity index (χ1) is 10.1. The van der Waals surface area contributed by atoms with Crippen molar-refractivity contribution < 1.29 is 23.9 Å². The number of carbonyl (C=O) groups excluding carboxylic acids is 3. The molecule has 0 saturated carbocycles. The third-order valence-corrected chi connectivity index (χ3v) is 2.56. The molecule has 0 spiro atoms. The van der Waals surface area contributed by atoms with Gasteiger partial charge in [-0.2, -0.15) is 0 Å². The summed E-state index contributed by atoms with van der Waals surface area (Å²) < 4.78 is 9.54. The molecule has 6 heteroatoms. The van der Waals surface area contributed by atoms with Gasteiger partial charge in [0, 0.05) is 0 Å². The molecule has 0 atom stereocenters. The minimum absolute atomic E-state index is 0.0656. The van der Waals surface area contributed by atoms with Gasteiger partial charge in [0.25, 0.3) is 0 Å². The van der Waals surface area contributed by atoms with E-state index in [1.807, 2.05) is 6.07 Å². The van der Waals surface area contributed by atoms with Gasteiger partial charge in [-0.25, -0.2) is 9.59 Å². The molecule has 1 amide bonds. The zero-order chi connectivity index (χ0) is 15.7. The monoisotopic (exact) mass is 293 g/mol. The lowest BCUT2D eigenvalue weighted by atomic mass is 10.1. The summed E-state index contributed by atoms with van der Waals surface area (Å²) in [6.07, 6.45) is 0.0656. The Balaban J connectivity index is 2.69. The molecule has 114 valence electrons. The molecule has 0 aliphatic heterocycles. The Labute approximate surface area is 123 Å². The maximum absolute atomic E-state index is 11.9. The number of rotatable bonds is 7. The van der Waals surface area contributed by atoms with Crippen LogP contribution in [0.15, 0.2) is 30.3 Å². The lowest BCUT2D eigenvalue weighted by molar-refractivity contribution is -0.159. The quantitative estimate of drug-likeness (QED) is 0.595. The van der Waals surface area contributed by atoms with Crippen molar-refractivity contribution in [3.05, 3.63) is 35.9 Å². The highest BCUT2D eigenvalue weighted by Crippen LogP contribution is 2.01. The smallest absolute Gasteiger partial charge is 0.340 e. The van der Waals surface area contributed by atoms with Gasteiger partial charge in [0.1, 0.15) is 0 Å². The van der Waals surface area contributed by atoms with Gasteiger partial charge in [0.15, 0.2) is 0 Å². The second-order valence-electron chi connectivity index (χ2n) is 4.17. The molecule has 1 rings (SSSR count). The van der Waals surface area contributed by atoms with Crippen molar-refractivity contribution in [3.63, 3.8) is 0 Å². The van der Waals surface area contributed by atoms with E-state index in [0.717, 1.165) is 5.56 Å². The Kier molecular flexibility index (Phi) is 6.94. The van der Waals surface area contributed by atoms with Gasteiger partial charge in [0.2, 0.25) is 11.9 Å². The van der Waals surface area contributed by atoms with Crippen LogP contribution in [0.5, 0.6) is 0 Å². The molecule has 0 saturated heterocycles. The van der Waals surface area contributed by atoms with Crippen LogP contribution in [0.4, 0.5) is 0 Å². The number of amides is 1. The fourth-order valence-electron chi connectivity index (χ4n) is 1.66. The van der Waals surface area contributed by atoms with E-state index >= 15 is 0 Å². The van der Waals surface area contributed by atoms with E-state index in [1.54, 1.807) is 38.1 Å². The van der Waals surface area contributed by atoms with Crippen molar-refractivity contribution in [1.29, 1.82) is 0 Å². The van der Waals surface area contributed by atoms with Crippen LogP contribution in [-0.4, -0.2) is 37.1 Å². The van der Waals surface area contributed by atoms with Crippen LogP contribution in [-0.2, 0) is 30.3 Å². The van der Waals surface area contributed by atoms with Gasteiger partial charge in [-0.1, -0.05) is 30.3 Å².